The number of benzene rings is 1. The first-order valence-corrected chi connectivity index (χ1v) is 6.42. The molecule has 0 aliphatic heterocycles. The van der Waals surface area contributed by atoms with Crippen LogP contribution < -0.4 is 15.4 Å². The van der Waals surface area contributed by atoms with Crippen LogP contribution in [0.15, 0.2) is 34.7 Å². The number of anilines is 2. The smallest absolute Gasteiger partial charge is 0.433 e. The van der Waals surface area contributed by atoms with Crippen molar-refractivity contribution in [3.63, 3.8) is 0 Å². The predicted octanol–water partition coefficient (Wildman–Crippen LogP) is 2.41. The second-order valence-corrected chi connectivity index (χ2v) is 4.45. The highest BCUT2D eigenvalue weighted by Gasteiger charge is 2.17. The molecule has 0 radical (unpaired) electrons. The van der Waals surface area contributed by atoms with Crippen LogP contribution in [0.25, 0.3) is 0 Å². The summed E-state index contributed by atoms with van der Waals surface area (Å²) in [5.74, 6) is -1.25. The zero-order valence-electron chi connectivity index (χ0n) is 12.3. The second-order valence-electron chi connectivity index (χ2n) is 4.45. The summed E-state index contributed by atoms with van der Waals surface area (Å²) < 4.78 is 9.91. The number of amides is 2. The van der Waals surface area contributed by atoms with E-state index in [2.05, 4.69) is 10.6 Å². The number of carbonyl (C=O) groups excluding carboxylic acids is 2. The van der Waals surface area contributed by atoms with Gasteiger partial charge in [0.1, 0.15) is 10.7 Å². The van der Waals surface area contributed by atoms with Crippen LogP contribution in [0.1, 0.15) is 17.5 Å². The largest absolute Gasteiger partial charge is 0.495 e. The van der Waals surface area contributed by atoms with Gasteiger partial charge in [-0.05, 0) is 24.3 Å². The minimum atomic E-state index is -0.737. The quantitative estimate of drug-likeness (QED) is 0.644. The summed E-state index contributed by atoms with van der Waals surface area (Å²) in [6.45, 7) is 1.34. The Labute approximate surface area is 130 Å². The highest BCUT2D eigenvalue weighted by Crippen LogP contribution is 2.28. The Hall–Kier alpha value is -3.36. The first kappa shape index (κ1) is 16.0. The third kappa shape index (κ3) is 3.84. The van der Waals surface area contributed by atoms with E-state index in [4.69, 9.17) is 9.15 Å². The molecular weight excluding hydrogens is 306 g/mol. The SMILES string of the molecule is COc1ccc(NC(=O)c2ccc([N+](=O)[O-])o2)cc1NC(C)=O. The molecule has 120 valence electrons. The number of nitrogens with one attached hydrogen (secondary N) is 2. The second kappa shape index (κ2) is 6.60. The normalized spacial score (nSPS) is 10.0. The van der Waals surface area contributed by atoms with E-state index in [0.717, 1.165) is 6.07 Å². The first-order chi connectivity index (χ1) is 10.9. The Morgan fingerprint density at radius 2 is 1.96 bits per heavy atom. The number of ether oxygens (including phenoxy) is 1. The van der Waals surface area contributed by atoms with Gasteiger partial charge in [0.2, 0.25) is 5.91 Å². The van der Waals surface area contributed by atoms with Crippen LogP contribution in [-0.4, -0.2) is 23.8 Å². The lowest BCUT2D eigenvalue weighted by Gasteiger charge is -2.11. The highest BCUT2D eigenvalue weighted by molar-refractivity contribution is 6.03. The van der Waals surface area contributed by atoms with Crippen molar-refractivity contribution in [2.45, 2.75) is 6.92 Å². The monoisotopic (exact) mass is 319 g/mol. The summed E-state index contributed by atoms with van der Waals surface area (Å²) in [7, 11) is 1.45. The third-order valence-electron chi connectivity index (χ3n) is 2.76. The van der Waals surface area contributed by atoms with Gasteiger partial charge in [-0.3, -0.25) is 19.7 Å². The van der Waals surface area contributed by atoms with Crippen molar-refractivity contribution in [3.05, 3.63) is 46.2 Å². The standard InChI is InChI=1S/C14H13N3O6/c1-8(18)15-10-7-9(3-4-11(10)22-2)16-14(19)12-5-6-13(23-12)17(20)21/h3-7H,1-2H3,(H,15,18)(H,16,19). The van der Waals surface area contributed by atoms with Crippen molar-refractivity contribution in [2.24, 2.45) is 0 Å². The van der Waals surface area contributed by atoms with E-state index in [1.54, 1.807) is 12.1 Å². The Morgan fingerprint density at radius 1 is 1.22 bits per heavy atom. The van der Waals surface area contributed by atoms with E-state index in [1.807, 2.05) is 0 Å². The summed E-state index contributed by atoms with van der Waals surface area (Å²) >= 11 is 0. The van der Waals surface area contributed by atoms with Crippen molar-refractivity contribution in [2.75, 3.05) is 17.7 Å². The first-order valence-electron chi connectivity index (χ1n) is 6.42. The summed E-state index contributed by atoms with van der Waals surface area (Å²) in [6.07, 6.45) is 0. The van der Waals surface area contributed by atoms with E-state index in [1.165, 1.54) is 26.2 Å². The van der Waals surface area contributed by atoms with E-state index < -0.39 is 16.7 Å². The molecule has 1 aromatic carbocycles. The molecule has 0 aliphatic rings. The van der Waals surface area contributed by atoms with Gasteiger partial charge in [-0.1, -0.05) is 0 Å². The van der Waals surface area contributed by atoms with Gasteiger partial charge in [-0.2, -0.15) is 0 Å². The van der Waals surface area contributed by atoms with Gasteiger partial charge < -0.3 is 19.8 Å². The van der Waals surface area contributed by atoms with Crippen LogP contribution in [0.3, 0.4) is 0 Å². The molecule has 0 bridgehead atoms. The van der Waals surface area contributed by atoms with Crippen molar-refractivity contribution in [1.82, 2.24) is 0 Å². The molecule has 0 unspecified atom stereocenters. The Morgan fingerprint density at radius 3 is 2.52 bits per heavy atom. The molecule has 1 aromatic heterocycles. The van der Waals surface area contributed by atoms with Crippen LogP contribution in [0.4, 0.5) is 17.3 Å². The predicted molar refractivity (Wildman–Crippen MR) is 80.6 cm³/mol. The third-order valence-corrected chi connectivity index (χ3v) is 2.76. The molecule has 9 heteroatoms. The minimum Gasteiger partial charge on any atom is -0.495 e. The fourth-order valence-electron chi connectivity index (χ4n) is 1.81. The number of rotatable bonds is 5. The number of nitro groups is 1. The number of furan rings is 1. The number of methoxy groups -OCH3 is 1. The topological polar surface area (TPSA) is 124 Å². The Bertz CT molecular complexity index is 768. The van der Waals surface area contributed by atoms with E-state index in [0.29, 0.717) is 17.1 Å². The van der Waals surface area contributed by atoms with Crippen LogP contribution in [0, 0.1) is 10.1 Å². The molecule has 9 nitrogen and oxygen atoms in total. The summed E-state index contributed by atoms with van der Waals surface area (Å²) in [5.41, 5.74) is 0.738. The lowest BCUT2D eigenvalue weighted by atomic mass is 10.2. The average Bonchev–Trinajstić information content (AvgIpc) is 2.97. The lowest BCUT2D eigenvalue weighted by Crippen LogP contribution is -2.12. The van der Waals surface area contributed by atoms with Crippen molar-refractivity contribution in [3.8, 4) is 5.75 Å². The van der Waals surface area contributed by atoms with Gasteiger partial charge in [0.25, 0.3) is 5.91 Å². The summed E-state index contributed by atoms with van der Waals surface area (Å²) in [6, 6.07) is 6.90. The van der Waals surface area contributed by atoms with Crippen LogP contribution >= 0.6 is 0 Å². The molecule has 2 N–H and O–H groups in total. The number of carbonyl (C=O) groups is 2. The molecule has 0 aliphatic carbocycles. The van der Waals surface area contributed by atoms with Gasteiger partial charge in [0, 0.05) is 12.6 Å². The number of hydrogen-bond acceptors (Lipinski definition) is 6. The molecule has 0 atom stereocenters. The van der Waals surface area contributed by atoms with Gasteiger partial charge in [-0.15, -0.1) is 0 Å². The average molecular weight is 319 g/mol. The Balaban J connectivity index is 2.19. The fraction of sp³-hybridized carbons (Fsp3) is 0.143. The number of hydrogen-bond donors (Lipinski definition) is 2. The van der Waals surface area contributed by atoms with Gasteiger partial charge in [0.05, 0.1) is 18.9 Å². The van der Waals surface area contributed by atoms with E-state index >= 15 is 0 Å². The maximum atomic E-state index is 12.0. The van der Waals surface area contributed by atoms with Crippen molar-refractivity contribution >= 4 is 29.1 Å². The maximum absolute atomic E-state index is 12.0. The Kier molecular flexibility index (Phi) is 4.60. The molecule has 2 amide bonds. The molecule has 2 rings (SSSR count). The van der Waals surface area contributed by atoms with Gasteiger partial charge in [0.15, 0.2) is 5.76 Å². The lowest BCUT2D eigenvalue weighted by molar-refractivity contribution is -0.402. The van der Waals surface area contributed by atoms with Gasteiger partial charge >= 0.3 is 5.88 Å². The molecule has 23 heavy (non-hydrogen) atoms. The minimum absolute atomic E-state index is 0.200. The zero-order valence-corrected chi connectivity index (χ0v) is 12.3. The van der Waals surface area contributed by atoms with Crippen molar-refractivity contribution in [1.29, 1.82) is 0 Å². The van der Waals surface area contributed by atoms with Crippen molar-refractivity contribution < 1.29 is 23.7 Å². The summed E-state index contributed by atoms with van der Waals surface area (Å²) in [5, 5.41) is 15.6. The zero-order chi connectivity index (χ0) is 17.0. The molecule has 0 saturated heterocycles. The van der Waals surface area contributed by atoms with Crippen LogP contribution in [0.5, 0.6) is 5.75 Å². The fourth-order valence-corrected chi connectivity index (χ4v) is 1.81. The highest BCUT2D eigenvalue weighted by atomic mass is 16.6. The van der Waals surface area contributed by atoms with E-state index in [-0.39, 0.29) is 11.7 Å². The van der Waals surface area contributed by atoms with E-state index in [9.17, 15) is 19.7 Å². The molecule has 0 spiro atoms. The molecule has 2 aromatic rings. The maximum Gasteiger partial charge on any atom is 0.433 e. The molecule has 0 saturated carbocycles. The summed E-state index contributed by atoms with van der Waals surface area (Å²) in [4.78, 5) is 33.0. The van der Waals surface area contributed by atoms with Gasteiger partial charge in [-0.25, -0.2) is 0 Å². The molecular formula is C14H13N3O6. The molecule has 1 heterocycles. The van der Waals surface area contributed by atoms with Crippen LogP contribution in [-0.2, 0) is 4.79 Å². The van der Waals surface area contributed by atoms with Crippen LogP contribution in [0.2, 0.25) is 0 Å². The number of nitrogens with zero attached hydrogens (tertiary/aromatic N) is 1. The molecule has 0 fully saturated rings.